The molecule has 0 spiro atoms. The number of carbonyl (C=O) groups excluding carboxylic acids is 6. The molecule has 3 aromatic rings. The maximum absolute atomic E-state index is 12.3. The Morgan fingerprint density at radius 3 is 1.19 bits per heavy atom. The molecular weight excluding hydrogens is 1220 g/mol. The van der Waals surface area contributed by atoms with Crippen LogP contribution in [0.2, 0.25) is 0 Å². The number of amides is 1. The van der Waals surface area contributed by atoms with Crippen LogP contribution in [0.5, 0.6) is 0 Å². The van der Waals surface area contributed by atoms with Crippen molar-refractivity contribution in [2.24, 2.45) is 11.1 Å². The quantitative estimate of drug-likeness (QED) is 0.0358. The second-order valence-corrected chi connectivity index (χ2v) is 21.5. The standard InChI is InChI=1S/C10H12N2O6S.C10H19NO3.C9H10N2O6S.C6H4ClNO4S.C4H8ClNO2.C3H7NO2.6CH4/c1-11(7-10(13)18-2)19(16,17)9-5-3-8(4-6-9)12(14)15;1-10(2,3)6-8(12)11(4)7-9(13)14-5;1-17-9(12)6-10-18(15,16)8-4-2-7(3-5-8)11(13)14;7-13(11,12)6-3-1-5(2-4-6)8(9)10;1-6(5)3-4(7)8-2;1-6-3(5)2-4;;;;;;/h3-6H,7H2,1-2H3;6-7H2,1-5H3;2-5,10H,6H2,1H3;1-4H;3H2,1-2H3;2,4H2,1H3;6*1H4/i1D3;4D3;;;1D3;;;;;;;. The van der Waals surface area contributed by atoms with Crippen LogP contribution in [-0.2, 0) is 81.5 Å². The van der Waals surface area contributed by atoms with E-state index < -0.39 is 126 Å². The molecule has 3 rings (SSSR count). The Bertz CT molecular complexity index is 3140. The molecule has 3 aromatic carbocycles. The molecule has 0 radical (unpaired) electrons. The molecule has 0 bridgehead atoms. The molecule has 486 valence electrons. The van der Waals surface area contributed by atoms with Gasteiger partial charge in [-0.25, -0.2) is 29.7 Å². The highest BCUT2D eigenvalue weighted by atomic mass is 35.7. The molecule has 0 saturated heterocycles. The van der Waals surface area contributed by atoms with Gasteiger partial charge in [0.25, 0.3) is 26.1 Å². The van der Waals surface area contributed by atoms with Crippen molar-refractivity contribution in [1.29, 1.82) is 0 Å². The molecular formula is C48H84Cl2N8O23S3. The molecule has 0 fully saturated rings. The van der Waals surface area contributed by atoms with Crippen molar-refractivity contribution in [2.45, 2.75) is 86.4 Å². The fourth-order valence-corrected chi connectivity index (χ4v) is 6.86. The lowest BCUT2D eigenvalue weighted by atomic mass is 9.92. The minimum Gasteiger partial charge on any atom is -0.468 e. The van der Waals surface area contributed by atoms with Crippen LogP contribution in [0, 0.1) is 35.8 Å². The second kappa shape index (κ2) is 47.3. The van der Waals surface area contributed by atoms with Crippen LogP contribution < -0.4 is 10.5 Å². The van der Waals surface area contributed by atoms with Gasteiger partial charge >= 0.3 is 29.8 Å². The number of nitrogens with two attached hydrogens (primary N) is 1. The number of ether oxygens (including phenoxy) is 5. The molecule has 0 saturated carbocycles. The van der Waals surface area contributed by atoms with Crippen LogP contribution >= 0.6 is 22.5 Å². The summed E-state index contributed by atoms with van der Waals surface area (Å²) < 4.78 is 157. The zero-order valence-electron chi connectivity index (χ0n) is 51.3. The number of hydrogen-bond acceptors (Lipinski definition) is 25. The molecule has 0 aliphatic rings. The number of benzene rings is 3. The Morgan fingerprint density at radius 1 is 0.560 bits per heavy atom. The number of hydrogen-bond donors (Lipinski definition) is 2. The van der Waals surface area contributed by atoms with Gasteiger partial charge in [-0.15, -0.1) is 0 Å². The minimum atomic E-state index is -4.56. The summed E-state index contributed by atoms with van der Waals surface area (Å²) in [6.07, 6.45) is 0.0579. The molecule has 84 heavy (non-hydrogen) atoms. The zero-order chi connectivity index (χ0) is 68.9. The molecule has 31 nitrogen and oxygen atoms in total. The molecule has 0 aliphatic carbocycles. The first-order chi connectivity index (χ1) is 39.4. The maximum atomic E-state index is 12.3. The number of non-ortho nitro benzene ring substituents is 3. The van der Waals surface area contributed by atoms with E-state index in [1.54, 1.807) is 0 Å². The summed E-state index contributed by atoms with van der Waals surface area (Å²) in [5, 5.41) is 31.1. The van der Waals surface area contributed by atoms with Crippen molar-refractivity contribution < 1.29 is 105 Å². The lowest BCUT2D eigenvalue weighted by molar-refractivity contribution is -0.385. The van der Waals surface area contributed by atoms with Gasteiger partial charge in [-0.05, 0) is 53.6 Å². The smallest absolute Gasteiger partial charge is 0.325 e. The van der Waals surface area contributed by atoms with Crippen molar-refractivity contribution in [2.75, 3.05) is 89.2 Å². The number of nitrogens with zero attached hydrogens (tertiary/aromatic N) is 6. The second-order valence-electron chi connectivity index (χ2n) is 14.8. The van der Waals surface area contributed by atoms with Crippen LogP contribution in [0.3, 0.4) is 0 Å². The number of carbonyl (C=O) groups is 6. The average molecular weight is 1320 g/mol. The number of likely N-dealkylation sites (N-methyl/N-ethyl adjacent to an activating group) is 3. The molecule has 0 heterocycles. The van der Waals surface area contributed by atoms with Gasteiger partial charge in [0.05, 0.1) is 71.6 Å². The highest BCUT2D eigenvalue weighted by molar-refractivity contribution is 8.13. The van der Waals surface area contributed by atoms with Crippen LogP contribution in [0.4, 0.5) is 17.1 Å². The van der Waals surface area contributed by atoms with E-state index in [-0.39, 0.29) is 100 Å². The van der Waals surface area contributed by atoms with Gasteiger partial charge in [0.2, 0.25) is 26.0 Å². The summed E-state index contributed by atoms with van der Waals surface area (Å²) >= 11 is 5.20. The number of halogens is 2. The number of sulfonamides is 2. The Kier molecular flexibility index (Phi) is 42.2. The molecule has 1 amide bonds. The lowest BCUT2D eigenvalue weighted by Crippen LogP contribution is -2.34. The van der Waals surface area contributed by atoms with Gasteiger partial charge in [-0.1, -0.05) is 65.3 Å². The zero-order valence-corrected chi connectivity index (χ0v) is 46.3. The number of nitro benzene ring substituents is 3. The van der Waals surface area contributed by atoms with Gasteiger partial charge in [0.15, 0.2) is 0 Å². The molecule has 36 heteroatoms. The first kappa shape index (κ1) is 75.0. The number of esters is 5. The SMILES string of the molecule is C.C.C.C.C.C.COC(=O)CN.COC(=O)CNS(=O)(=O)c1ccc([N+](=O)[O-])cc1.O=[N+]([O-])c1ccc(S(=O)(=O)Cl)cc1.[2H]C([2H])([2H])N(CC(=O)OC)C(=O)CC(C)(C)C.[2H]C([2H])([2H])N(CC(=O)OC)S(=O)(=O)c1ccc([N+](=O)[O-])cc1.[2H]C([2H])([2H])N(Cl)CC(=O)OC. The first-order valence-corrected chi connectivity index (χ1v) is 26.0. The fraction of sp³-hybridized carbons (Fsp3) is 0.500. The summed E-state index contributed by atoms with van der Waals surface area (Å²) in [6.45, 7) is -5.29. The van der Waals surface area contributed by atoms with E-state index in [9.17, 15) is 84.4 Å². The van der Waals surface area contributed by atoms with Gasteiger partial charge < -0.3 is 34.3 Å². The highest BCUT2D eigenvalue weighted by Crippen LogP contribution is 2.21. The predicted octanol–water partition coefficient (Wildman–Crippen LogP) is 6.19. The Morgan fingerprint density at radius 2 is 0.905 bits per heavy atom. The number of nitro groups is 3. The Hall–Kier alpha value is -7.05. The van der Waals surface area contributed by atoms with E-state index in [2.05, 4.69) is 23.7 Å². The van der Waals surface area contributed by atoms with E-state index in [0.717, 1.165) is 101 Å². The summed E-state index contributed by atoms with van der Waals surface area (Å²) in [4.78, 5) is 94.1. The summed E-state index contributed by atoms with van der Waals surface area (Å²) in [6, 6.07) is 12.2. The molecule has 0 atom stereocenters. The van der Waals surface area contributed by atoms with E-state index in [0.29, 0.717) is 9.32 Å². The van der Waals surface area contributed by atoms with Crippen molar-refractivity contribution in [3.63, 3.8) is 0 Å². The van der Waals surface area contributed by atoms with Crippen LogP contribution in [-0.4, -0.2) is 179 Å². The third-order valence-electron chi connectivity index (χ3n) is 7.84. The highest BCUT2D eigenvalue weighted by Gasteiger charge is 2.24. The Labute approximate surface area is 515 Å². The minimum absolute atomic E-state index is 0. The largest absolute Gasteiger partial charge is 0.468 e. The van der Waals surface area contributed by atoms with E-state index in [1.807, 2.05) is 25.5 Å². The molecule has 3 N–H and O–H groups in total. The number of methoxy groups -OCH3 is 5. The topological polar surface area (TPSA) is 428 Å². The van der Waals surface area contributed by atoms with Gasteiger partial charge in [0, 0.05) is 86.8 Å². The Balaban J connectivity index is -0.000000132. The van der Waals surface area contributed by atoms with Crippen LogP contribution in [0.15, 0.2) is 87.5 Å². The van der Waals surface area contributed by atoms with Crippen LogP contribution in [0.1, 0.15) is 84.1 Å². The van der Waals surface area contributed by atoms with Crippen molar-refractivity contribution in [3.05, 3.63) is 103 Å². The predicted molar refractivity (Wildman–Crippen MR) is 317 cm³/mol. The summed E-state index contributed by atoms with van der Waals surface area (Å²) in [7, 11) is -1.52. The van der Waals surface area contributed by atoms with Gasteiger partial charge in [0.1, 0.15) is 26.2 Å². The van der Waals surface area contributed by atoms with Crippen molar-refractivity contribution >= 4 is 104 Å². The normalized spacial score (nSPS) is 11.9. The number of nitrogens with one attached hydrogen (secondary N) is 1. The van der Waals surface area contributed by atoms with E-state index >= 15 is 0 Å². The van der Waals surface area contributed by atoms with Crippen molar-refractivity contribution in [3.8, 4) is 0 Å². The lowest BCUT2D eigenvalue weighted by Gasteiger charge is -2.22. The monoisotopic (exact) mass is 1320 g/mol. The van der Waals surface area contributed by atoms with E-state index in [4.69, 9.17) is 40.5 Å². The number of rotatable bonds is 18. The maximum Gasteiger partial charge on any atom is 0.325 e. The molecule has 0 aromatic heterocycles. The summed E-state index contributed by atoms with van der Waals surface area (Å²) in [5.41, 5.74) is 3.72. The van der Waals surface area contributed by atoms with Crippen LogP contribution in [0.25, 0.3) is 0 Å². The van der Waals surface area contributed by atoms with E-state index in [1.165, 1.54) is 7.11 Å². The first-order valence-electron chi connectivity index (χ1n) is 24.9. The fourth-order valence-electron chi connectivity index (χ4n) is 4.01. The third kappa shape index (κ3) is 42.7. The average Bonchev–Trinajstić information content (AvgIpc) is 0.831. The molecule has 0 unspecified atom stereocenters. The van der Waals surface area contributed by atoms with Gasteiger partial charge in [-0.2, -0.15) is 9.03 Å². The van der Waals surface area contributed by atoms with Crippen molar-refractivity contribution in [1.82, 2.24) is 18.3 Å². The molecule has 0 aliphatic heterocycles. The van der Waals surface area contributed by atoms with Gasteiger partial charge in [-0.3, -0.25) is 59.1 Å². The third-order valence-corrected chi connectivity index (χ3v) is 12.3. The summed E-state index contributed by atoms with van der Waals surface area (Å²) in [5.74, 6) is -4.18.